The van der Waals surface area contributed by atoms with Crippen LogP contribution < -0.4 is 5.32 Å². The molecule has 0 aliphatic rings. The lowest BCUT2D eigenvalue weighted by Gasteiger charge is -2.04. The molecule has 0 saturated carbocycles. The molecule has 5 nitrogen and oxygen atoms in total. The molecule has 0 aliphatic carbocycles. The average Bonchev–Trinajstić information content (AvgIpc) is 2.63. The van der Waals surface area contributed by atoms with Crippen LogP contribution in [0.5, 0.6) is 0 Å². The molecule has 1 amide bonds. The van der Waals surface area contributed by atoms with Gasteiger partial charge in [0.25, 0.3) is 5.91 Å². The molecule has 2 rings (SSSR count). The zero-order valence-corrected chi connectivity index (χ0v) is 12.0. The van der Waals surface area contributed by atoms with Crippen molar-refractivity contribution in [3.8, 4) is 0 Å². The third kappa shape index (κ3) is 2.70. The highest BCUT2D eigenvalue weighted by Crippen LogP contribution is 2.23. The summed E-state index contributed by atoms with van der Waals surface area (Å²) in [5, 5.41) is 2.99. The number of anilines is 1. The topological polar surface area (TPSA) is 68.0 Å². The molecule has 0 aliphatic heterocycles. The second-order valence-electron chi connectivity index (χ2n) is 3.60. The molecule has 7 heteroatoms. The molecule has 0 radical (unpaired) electrons. The summed E-state index contributed by atoms with van der Waals surface area (Å²) < 4.78 is 5.83. The Morgan fingerprint density at radius 3 is 2.78 bits per heavy atom. The number of amides is 1. The van der Waals surface area contributed by atoms with Gasteiger partial charge in [-0.05, 0) is 28.9 Å². The number of carbonyl (C=O) groups is 1. The lowest BCUT2D eigenvalue weighted by molar-refractivity contribution is 0.0994. The number of hydrogen-bond donors (Lipinski definition) is 1. The molecule has 0 atom stereocenters. The lowest BCUT2D eigenvalue weighted by atomic mass is 10.3. The molecule has 0 saturated heterocycles. The van der Waals surface area contributed by atoms with Gasteiger partial charge < -0.3 is 9.73 Å². The zero-order valence-electron chi connectivity index (χ0n) is 9.62. The van der Waals surface area contributed by atoms with Crippen molar-refractivity contribution in [1.82, 2.24) is 9.97 Å². The number of halogens is 2. The van der Waals surface area contributed by atoms with Crippen molar-refractivity contribution in [2.45, 2.75) is 13.8 Å². The Bertz CT molecular complexity index is 612. The first-order chi connectivity index (χ1) is 8.47. The van der Waals surface area contributed by atoms with Gasteiger partial charge in [0.1, 0.15) is 5.15 Å². The number of oxazole rings is 1. The van der Waals surface area contributed by atoms with E-state index in [1.54, 1.807) is 19.9 Å². The molecule has 0 fully saturated rings. The number of pyridine rings is 1. The summed E-state index contributed by atoms with van der Waals surface area (Å²) >= 11 is 8.99. The van der Waals surface area contributed by atoms with E-state index in [0.29, 0.717) is 26.9 Å². The highest BCUT2D eigenvalue weighted by molar-refractivity contribution is 9.10. The van der Waals surface area contributed by atoms with Crippen LogP contribution in [0.15, 0.2) is 21.2 Å². The third-order valence-electron chi connectivity index (χ3n) is 2.16. The number of nitrogens with zero attached hydrogens (tertiary/aromatic N) is 2. The van der Waals surface area contributed by atoms with Gasteiger partial charge in [-0.25, -0.2) is 9.97 Å². The summed E-state index contributed by atoms with van der Waals surface area (Å²) in [5.41, 5.74) is 1.07. The summed E-state index contributed by atoms with van der Waals surface area (Å²) in [6, 6.07) is 1.66. The minimum atomic E-state index is -0.371. The van der Waals surface area contributed by atoms with E-state index in [9.17, 15) is 4.79 Å². The van der Waals surface area contributed by atoms with Crippen molar-refractivity contribution in [1.29, 1.82) is 0 Å². The third-order valence-corrected chi connectivity index (χ3v) is 3.30. The summed E-state index contributed by atoms with van der Waals surface area (Å²) in [4.78, 5) is 19.9. The number of hydrogen-bond acceptors (Lipinski definition) is 4. The molecular weight excluding hydrogens is 321 g/mol. The van der Waals surface area contributed by atoms with E-state index >= 15 is 0 Å². The number of rotatable bonds is 2. The molecule has 0 unspecified atom stereocenters. The fraction of sp³-hybridized carbons (Fsp3) is 0.182. The smallest absolute Gasteiger partial charge is 0.293 e. The number of nitrogens with one attached hydrogen (secondary N) is 1. The largest absolute Gasteiger partial charge is 0.436 e. The Morgan fingerprint density at radius 2 is 2.22 bits per heavy atom. The Hall–Kier alpha value is -1.40. The Morgan fingerprint density at radius 1 is 1.50 bits per heavy atom. The first-order valence-corrected chi connectivity index (χ1v) is 6.21. The van der Waals surface area contributed by atoms with Crippen molar-refractivity contribution >= 4 is 39.1 Å². The average molecular weight is 331 g/mol. The minimum Gasteiger partial charge on any atom is -0.436 e. The summed E-state index contributed by atoms with van der Waals surface area (Å²) in [5.74, 6) is 0.274. The van der Waals surface area contributed by atoms with E-state index in [2.05, 4.69) is 31.2 Å². The first-order valence-electron chi connectivity index (χ1n) is 5.04. The van der Waals surface area contributed by atoms with Gasteiger partial charge in [0.15, 0.2) is 5.89 Å². The van der Waals surface area contributed by atoms with Crippen LogP contribution in [-0.4, -0.2) is 15.9 Å². The van der Waals surface area contributed by atoms with Gasteiger partial charge in [0.2, 0.25) is 5.76 Å². The second-order valence-corrected chi connectivity index (χ2v) is 4.81. The molecule has 2 aromatic rings. The van der Waals surface area contributed by atoms with Crippen LogP contribution in [0.4, 0.5) is 5.69 Å². The van der Waals surface area contributed by atoms with Gasteiger partial charge in [0, 0.05) is 6.92 Å². The SMILES string of the molecule is Cc1nc(C)c(C(=O)Nc2cnc(Cl)c(Br)c2)o1. The maximum atomic E-state index is 11.9. The van der Waals surface area contributed by atoms with Crippen LogP contribution in [0.1, 0.15) is 22.1 Å². The van der Waals surface area contributed by atoms with Crippen LogP contribution in [0.3, 0.4) is 0 Å². The van der Waals surface area contributed by atoms with Crippen LogP contribution in [0, 0.1) is 13.8 Å². The van der Waals surface area contributed by atoms with Crippen molar-refractivity contribution in [2.24, 2.45) is 0 Å². The van der Waals surface area contributed by atoms with E-state index in [-0.39, 0.29) is 11.7 Å². The minimum absolute atomic E-state index is 0.193. The van der Waals surface area contributed by atoms with E-state index in [0.717, 1.165) is 0 Å². The lowest BCUT2D eigenvalue weighted by Crippen LogP contribution is -2.12. The fourth-order valence-electron chi connectivity index (χ4n) is 1.42. The van der Waals surface area contributed by atoms with E-state index in [1.807, 2.05) is 0 Å². The molecule has 2 heterocycles. The van der Waals surface area contributed by atoms with Crippen LogP contribution in [0.25, 0.3) is 0 Å². The Labute approximate surface area is 117 Å². The first kappa shape index (κ1) is 13.0. The highest BCUT2D eigenvalue weighted by Gasteiger charge is 2.16. The van der Waals surface area contributed by atoms with Gasteiger partial charge in [-0.15, -0.1) is 0 Å². The van der Waals surface area contributed by atoms with Crippen LogP contribution in [0.2, 0.25) is 5.15 Å². The van der Waals surface area contributed by atoms with Gasteiger partial charge in [0.05, 0.1) is 22.1 Å². The maximum Gasteiger partial charge on any atom is 0.293 e. The standard InChI is InChI=1S/C11H9BrClN3O2/c1-5-9(18-6(2)15-5)11(17)16-7-3-8(12)10(13)14-4-7/h3-4H,1-2H3,(H,16,17). The normalized spacial score (nSPS) is 10.4. The Balaban J connectivity index is 2.21. The molecule has 18 heavy (non-hydrogen) atoms. The Kier molecular flexibility index (Phi) is 3.68. The number of aryl methyl sites for hydroxylation is 2. The molecule has 94 valence electrons. The quantitative estimate of drug-likeness (QED) is 0.857. The predicted molar refractivity (Wildman–Crippen MR) is 70.9 cm³/mol. The van der Waals surface area contributed by atoms with Crippen LogP contribution in [-0.2, 0) is 0 Å². The molecule has 0 spiro atoms. The molecule has 1 N–H and O–H groups in total. The van der Waals surface area contributed by atoms with Crippen molar-refractivity contribution < 1.29 is 9.21 Å². The van der Waals surface area contributed by atoms with Crippen LogP contribution >= 0.6 is 27.5 Å². The summed E-state index contributed by atoms with van der Waals surface area (Å²) in [6.07, 6.45) is 1.46. The molecule has 0 bridgehead atoms. The predicted octanol–water partition coefficient (Wildman–Crippen LogP) is 3.35. The van der Waals surface area contributed by atoms with Gasteiger partial charge in [-0.3, -0.25) is 4.79 Å². The van der Waals surface area contributed by atoms with Crippen molar-refractivity contribution in [3.63, 3.8) is 0 Å². The zero-order chi connectivity index (χ0) is 13.3. The number of carbonyl (C=O) groups excluding carboxylic acids is 1. The van der Waals surface area contributed by atoms with Gasteiger partial charge in [-0.2, -0.15) is 0 Å². The van der Waals surface area contributed by atoms with Crippen molar-refractivity contribution in [2.75, 3.05) is 5.32 Å². The molecule has 2 aromatic heterocycles. The summed E-state index contributed by atoms with van der Waals surface area (Å²) in [6.45, 7) is 3.39. The highest BCUT2D eigenvalue weighted by atomic mass is 79.9. The van der Waals surface area contributed by atoms with Gasteiger partial charge >= 0.3 is 0 Å². The summed E-state index contributed by atoms with van der Waals surface area (Å²) in [7, 11) is 0. The van der Waals surface area contributed by atoms with E-state index < -0.39 is 0 Å². The number of aromatic nitrogens is 2. The van der Waals surface area contributed by atoms with Crippen molar-refractivity contribution in [3.05, 3.63) is 39.2 Å². The second kappa shape index (κ2) is 5.07. The van der Waals surface area contributed by atoms with E-state index in [1.165, 1.54) is 6.20 Å². The molecule has 0 aromatic carbocycles. The fourth-order valence-corrected chi connectivity index (χ4v) is 1.87. The molecular formula is C11H9BrClN3O2. The monoisotopic (exact) mass is 329 g/mol. The van der Waals surface area contributed by atoms with Gasteiger partial charge in [-0.1, -0.05) is 11.6 Å². The van der Waals surface area contributed by atoms with E-state index in [4.69, 9.17) is 16.0 Å². The maximum absolute atomic E-state index is 11.9.